The number of aromatic amines is 1. The lowest BCUT2D eigenvalue weighted by Crippen LogP contribution is -2.35. The van der Waals surface area contributed by atoms with E-state index in [0.29, 0.717) is 16.4 Å². The largest absolute Gasteiger partial charge is 0.375 e. The molecule has 4 nitrogen and oxygen atoms in total. The van der Waals surface area contributed by atoms with Gasteiger partial charge in [-0.05, 0) is 51.0 Å². The van der Waals surface area contributed by atoms with E-state index in [1.54, 1.807) is 0 Å². The van der Waals surface area contributed by atoms with Crippen molar-refractivity contribution in [2.45, 2.75) is 38.3 Å². The van der Waals surface area contributed by atoms with Gasteiger partial charge < -0.3 is 14.3 Å². The van der Waals surface area contributed by atoms with Crippen molar-refractivity contribution >= 4 is 23.3 Å². The van der Waals surface area contributed by atoms with Gasteiger partial charge in [-0.2, -0.15) is 5.26 Å². The average Bonchev–Trinajstić information content (AvgIpc) is 2.73. The van der Waals surface area contributed by atoms with Crippen LogP contribution in [0.15, 0.2) is 18.2 Å². The molecule has 0 bridgehead atoms. The maximum atomic E-state index is 9.20. The highest BCUT2D eigenvalue weighted by Crippen LogP contribution is 2.34. The van der Waals surface area contributed by atoms with Crippen molar-refractivity contribution in [3.63, 3.8) is 0 Å². The second-order valence-electron chi connectivity index (χ2n) is 5.87. The minimum absolute atomic E-state index is 0.131. The molecule has 0 amide bonds. The summed E-state index contributed by atoms with van der Waals surface area (Å²) in [7, 11) is 0. The molecule has 0 spiro atoms. The number of ether oxygens (including phenoxy) is 1. The van der Waals surface area contributed by atoms with Crippen molar-refractivity contribution in [1.29, 1.82) is 5.26 Å². The van der Waals surface area contributed by atoms with Crippen LogP contribution in [0.4, 0.5) is 0 Å². The molecular formula is C15H17N3OS. The molecule has 1 aromatic heterocycles. The molecule has 2 heterocycles. The molecule has 1 unspecified atom stereocenters. The lowest BCUT2D eigenvalue weighted by Gasteiger charge is -2.36. The van der Waals surface area contributed by atoms with Crippen LogP contribution < -0.4 is 0 Å². The highest BCUT2D eigenvalue weighted by molar-refractivity contribution is 7.71. The zero-order valence-electron chi connectivity index (χ0n) is 11.6. The Labute approximate surface area is 123 Å². The molecule has 0 saturated carbocycles. The maximum Gasteiger partial charge on any atom is 0.178 e. The van der Waals surface area contributed by atoms with Gasteiger partial charge in [-0.15, -0.1) is 0 Å². The van der Waals surface area contributed by atoms with Gasteiger partial charge in [-0.25, -0.2) is 0 Å². The molecule has 104 valence electrons. The smallest absolute Gasteiger partial charge is 0.178 e. The lowest BCUT2D eigenvalue weighted by molar-refractivity contribution is -0.0687. The minimum Gasteiger partial charge on any atom is -0.375 e. The van der Waals surface area contributed by atoms with Crippen molar-refractivity contribution in [1.82, 2.24) is 9.55 Å². The highest BCUT2D eigenvalue weighted by atomic mass is 32.1. The first-order valence-electron chi connectivity index (χ1n) is 6.79. The second-order valence-corrected chi connectivity index (χ2v) is 6.25. The molecule has 5 heteroatoms. The van der Waals surface area contributed by atoms with Gasteiger partial charge in [-0.1, -0.05) is 6.07 Å². The molecule has 3 rings (SSSR count). The highest BCUT2D eigenvalue weighted by Gasteiger charge is 2.31. The monoisotopic (exact) mass is 287 g/mol. The topological polar surface area (TPSA) is 53.7 Å². The van der Waals surface area contributed by atoms with Crippen molar-refractivity contribution in [3.8, 4) is 6.07 Å². The molecule has 1 fully saturated rings. The summed E-state index contributed by atoms with van der Waals surface area (Å²) in [6.45, 7) is 4.96. The van der Waals surface area contributed by atoms with Crippen LogP contribution >= 0.6 is 12.2 Å². The first-order valence-corrected chi connectivity index (χ1v) is 7.20. The molecule has 1 atom stereocenters. The third-order valence-electron chi connectivity index (χ3n) is 3.91. The predicted molar refractivity (Wildman–Crippen MR) is 80.1 cm³/mol. The molecule has 1 aliphatic heterocycles. The van der Waals surface area contributed by atoms with E-state index in [4.69, 9.17) is 17.0 Å². The number of benzene rings is 1. The Morgan fingerprint density at radius 1 is 1.50 bits per heavy atom. The van der Waals surface area contributed by atoms with E-state index >= 15 is 0 Å². The van der Waals surface area contributed by atoms with E-state index in [9.17, 15) is 5.26 Å². The van der Waals surface area contributed by atoms with Crippen LogP contribution in [0.5, 0.6) is 0 Å². The lowest BCUT2D eigenvalue weighted by atomic mass is 9.93. The average molecular weight is 287 g/mol. The summed E-state index contributed by atoms with van der Waals surface area (Å²) in [5, 5.41) is 9.20. The van der Waals surface area contributed by atoms with Crippen molar-refractivity contribution in [2.75, 3.05) is 6.61 Å². The Kier molecular flexibility index (Phi) is 3.15. The van der Waals surface area contributed by atoms with Crippen molar-refractivity contribution in [3.05, 3.63) is 28.5 Å². The van der Waals surface area contributed by atoms with E-state index in [-0.39, 0.29) is 5.60 Å². The number of nitrogens with one attached hydrogen (secondary N) is 1. The molecule has 1 aliphatic rings. The van der Waals surface area contributed by atoms with Gasteiger partial charge in [0, 0.05) is 12.6 Å². The Morgan fingerprint density at radius 3 is 3.00 bits per heavy atom. The standard InChI is InChI=1S/C15H17N3OS/c1-15(2)8-11(6-7-19-15)18-12-5-3-4-10(9-16)13(12)17-14(18)20/h3-5,11H,6-8H2,1-2H3,(H,17,20). The Bertz CT molecular complexity index is 751. The SMILES string of the molecule is CC1(C)CC(n2c(=S)[nH]c3c(C#N)cccc32)CCO1. The number of para-hydroxylation sites is 1. The molecular weight excluding hydrogens is 270 g/mol. The number of nitriles is 1. The van der Waals surface area contributed by atoms with E-state index in [1.807, 2.05) is 18.2 Å². The van der Waals surface area contributed by atoms with E-state index in [0.717, 1.165) is 30.5 Å². The molecule has 0 aliphatic carbocycles. The van der Waals surface area contributed by atoms with Gasteiger partial charge >= 0.3 is 0 Å². The summed E-state index contributed by atoms with van der Waals surface area (Å²) < 4.78 is 8.61. The van der Waals surface area contributed by atoms with E-state index in [1.165, 1.54) is 0 Å². The molecule has 1 saturated heterocycles. The van der Waals surface area contributed by atoms with Gasteiger partial charge in [0.15, 0.2) is 4.77 Å². The van der Waals surface area contributed by atoms with Crippen LogP contribution in [0.1, 0.15) is 38.3 Å². The summed E-state index contributed by atoms with van der Waals surface area (Å²) in [5.74, 6) is 0. The number of nitrogens with zero attached hydrogens (tertiary/aromatic N) is 2. The Balaban J connectivity index is 2.15. The van der Waals surface area contributed by atoms with Crippen molar-refractivity contribution in [2.24, 2.45) is 0 Å². The number of fused-ring (bicyclic) bond motifs is 1. The summed E-state index contributed by atoms with van der Waals surface area (Å²) in [5.41, 5.74) is 2.36. The summed E-state index contributed by atoms with van der Waals surface area (Å²) in [6, 6.07) is 8.27. The van der Waals surface area contributed by atoms with Gasteiger partial charge in [0.2, 0.25) is 0 Å². The summed E-state index contributed by atoms with van der Waals surface area (Å²) in [6.07, 6.45) is 1.87. The number of hydrogen-bond donors (Lipinski definition) is 1. The molecule has 2 aromatic rings. The van der Waals surface area contributed by atoms with Crippen LogP contribution in [0, 0.1) is 16.1 Å². The summed E-state index contributed by atoms with van der Waals surface area (Å²) in [4.78, 5) is 3.19. The Hall–Kier alpha value is -1.64. The minimum atomic E-state index is -0.131. The van der Waals surface area contributed by atoms with Crippen LogP contribution in [0.25, 0.3) is 11.0 Å². The zero-order chi connectivity index (χ0) is 14.3. The fraction of sp³-hybridized carbons (Fsp3) is 0.467. The van der Waals surface area contributed by atoms with E-state index in [2.05, 4.69) is 29.5 Å². The quantitative estimate of drug-likeness (QED) is 0.814. The number of hydrogen-bond acceptors (Lipinski definition) is 3. The van der Waals surface area contributed by atoms with Crippen LogP contribution in [-0.4, -0.2) is 21.8 Å². The maximum absolute atomic E-state index is 9.20. The number of H-pyrrole nitrogens is 1. The van der Waals surface area contributed by atoms with Gasteiger partial charge in [0.05, 0.1) is 22.2 Å². The van der Waals surface area contributed by atoms with Crippen LogP contribution in [-0.2, 0) is 4.74 Å². The normalized spacial score (nSPS) is 21.8. The number of rotatable bonds is 1. The molecule has 0 radical (unpaired) electrons. The fourth-order valence-electron chi connectivity index (χ4n) is 3.02. The predicted octanol–water partition coefficient (Wildman–Crippen LogP) is 3.70. The third-order valence-corrected chi connectivity index (χ3v) is 4.21. The first-order chi connectivity index (χ1) is 9.52. The summed E-state index contributed by atoms with van der Waals surface area (Å²) >= 11 is 5.47. The fourth-order valence-corrected chi connectivity index (χ4v) is 3.37. The second kappa shape index (κ2) is 4.72. The van der Waals surface area contributed by atoms with Crippen molar-refractivity contribution < 1.29 is 4.74 Å². The van der Waals surface area contributed by atoms with Gasteiger partial charge in [0.1, 0.15) is 6.07 Å². The number of aromatic nitrogens is 2. The first kappa shape index (κ1) is 13.3. The van der Waals surface area contributed by atoms with Crippen LogP contribution in [0.3, 0.4) is 0 Å². The van der Waals surface area contributed by atoms with Gasteiger partial charge in [0.25, 0.3) is 0 Å². The van der Waals surface area contributed by atoms with Gasteiger partial charge in [-0.3, -0.25) is 0 Å². The molecule has 20 heavy (non-hydrogen) atoms. The van der Waals surface area contributed by atoms with Crippen LogP contribution in [0.2, 0.25) is 0 Å². The van der Waals surface area contributed by atoms with E-state index < -0.39 is 0 Å². The molecule has 1 N–H and O–H groups in total. The number of imidazole rings is 1. The molecule has 1 aromatic carbocycles. The third kappa shape index (κ3) is 2.15. The Morgan fingerprint density at radius 2 is 2.30 bits per heavy atom. The zero-order valence-corrected chi connectivity index (χ0v) is 12.5.